The maximum atomic E-state index is 4.80. The van der Waals surface area contributed by atoms with Crippen LogP contribution >= 0.6 is 12.2 Å². The normalized spacial score (nSPS) is 15.8. The van der Waals surface area contributed by atoms with Crippen LogP contribution in [0.1, 0.15) is 0 Å². The van der Waals surface area contributed by atoms with Crippen molar-refractivity contribution in [3.05, 3.63) is 12.5 Å². The van der Waals surface area contributed by atoms with Crippen LogP contribution in [0.25, 0.3) is 0 Å². The van der Waals surface area contributed by atoms with Gasteiger partial charge in [0.15, 0.2) is 0 Å². The molecule has 1 aliphatic rings. The summed E-state index contributed by atoms with van der Waals surface area (Å²) in [6.45, 7) is 0.520. The van der Waals surface area contributed by atoms with Crippen LogP contribution in [0.3, 0.4) is 0 Å². The zero-order valence-corrected chi connectivity index (χ0v) is 4.94. The molecule has 0 atom stereocenters. The highest BCUT2D eigenvalue weighted by Gasteiger charge is 1.94. The van der Waals surface area contributed by atoms with Crippen molar-refractivity contribution in [1.29, 1.82) is 0 Å². The third kappa shape index (κ3) is 1.90. The molecule has 0 saturated heterocycles. The van der Waals surface area contributed by atoms with Gasteiger partial charge in [0.25, 0.3) is 0 Å². The first-order valence-corrected chi connectivity index (χ1v) is 2.36. The van der Waals surface area contributed by atoms with Crippen LogP contribution in [-0.2, 0) is 4.74 Å². The van der Waals surface area contributed by atoms with Crippen molar-refractivity contribution >= 4 is 17.2 Å². The highest BCUT2D eigenvalue weighted by molar-refractivity contribution is 7.80. The van der Waals surface area contributed by atoms with Crippen LogP contribution in [-0.4, -0.2) is 11.6 Å². The van der Waals surface area contributed by atoms with Crippen LogP contribution in [0.15, 0.2) is 12.5 Å². The molecular formula is C4H5N2OS. The Morgan fingerprint density at radius 2 is 2.50 bits per heavy atom. The van der Waals surface area contributed by atoms with Crippen LogP contribution < -0.4 is 11.5 Å². The van der Waals surface area contributed by atoms with E-state index in [1.807, 2.05) is 0 Å². The summed E-state index contributed by atoms with van der Waals surface area (Å²) in [5.41, 5.74) is 0. The van der Waals surface area contributed by atoms with Crippen molar-refractivity contribution in [2.45, 2.75) is 0 Å². The van der Waals surface area contributed by atoms with E-state index < -0.39 is 0 Å². The van der Waals surface area contributed by atoms with E-state index in [9.17, 15) is 0 Å². The van der Waals surface area contributed by atoms with Crippen LogP contribution in [0, 0.1) is 0 Å². The molecule has 0 unspecified atom stereocenters. The quantitative estimate of drug-likeness (QED) is 0.465. The Hall–Kier alpha value is -0.610. The Bertz CT molecular complexity index is 113. The summed E-state index contributed by atoms with van der Waals surface area (Å²) in [7, 11) is 0. The standard InChI is InChI=1S/C4H5NOS.N/c7-4-3-6-2-1-5-4;/h1-2H,3H2,(H,5,7);. The van der Waals surface area contributed by atoms with Gasteiger partial charge in [-0.1, -0.05) is 12.2 Å². The molecule has 0 aromatic rings. The SMILES string of the molecule is S=C1COC=CN1.[N]. The number of nitrogens with zero attached hydrogens (tertiary/aromatic N) is 1. The maximum Gasteiger partial charge on any atom is 0.138 e. The maximum absolute atomic E-state index is 4.80. The molecule has 1 heterocycles. The van der Waals surface area contributed by atoms with Crippen molar-refractivity contribution < 1.29 is 4.74 Å². The van der Waals surface area contributed by atoms with Gasteiger partial charge in [-0.25, -0.2) is 0 Å². The first-order chi connectivity index (χ1) is 3.39. The molecule has 0 fully saturated rings. The molecule has 3 radical (unpaired) electrons. The van der Waals surface area contributed by atoms with Gasteiger partial charge in [-0.05, 0) is 0 Å². The number of thiocarbonyl (C=S) groups is 1. The molecule has 1 N–H and O–H groups in total. The van der Waals surface area contributed by atoms with Crippen molar-refractivity contribution in [2.24, 2.45) is 0 Å². The third-order valence-electron chi connectivity index (χ3n) is 0.623. The largest absolute Gasteiger partial charge is 0.493 e. The summed E-state index contributed by atoms with van der Waals surface area (Å²) < 4.78 is 4.80. The van der Waals surface area contributed by atoms with Crippen LogP contribution in [0.2, 0.25) is 0 Å². The second kappa shape index (κ2) is 3.40. The van der Waals surface area contributed by atoms with Crippen LogP contribution in [0.5, 0.6) is 0 Å². The predicted octanol–water partition coefficient (Wildman–Crippen LogP) is -0.0758. The Kier molecular flexibility index (Phi) is 3.14. The fraction of sp³-hybridized carbons (Fsp3) is 0.250. The second-order valence-electron chi connectivity index (χ2n) is 1.18. The van der Waals surface area contributed by atoms with E-state index >= 15 is 0 Å². The summed E-state index contributed by atoms with van der Waals surface area (Å²) in [5.74, 6) is 0. The Morgan fingerprint density at radius 1 is 1.75 bits per heavy atom. The monoisotopic (exact) mass is 129 g/mol. The van der Waals surface area contributed by atoms with E-state index in [4.69, 9.17) is 17.0 Å². The lowest BCUT2D eigenvalue weighted by Gasteiger charge is -2.06. The third-order valence-corrected chi connectivity index (χ3v) is 0.859. The molecule has 43 valence electrons. The summed E-state index contributed by atoms with van der Waals surface area (Å²) in [6.07, 6.45) is 3.25. The van der Waals surface area contributed by atoms with Gasteiger partial charge < -0.3 is 10.1 Å². The lowest BCUT2D eigenvalue weighted by atomic mass is 10.6. The minimum absolute atomic E-state index is 0. The molecule has 0 aromatic heterocycles. The van der Waals surface area contributed by atoms with Gasteiger partial charge in [-0.15, -0.1) is 0 Å². The summed E-state index contributed by atoms with van der Waals surface area (Å²) in [4.78, 5) is 0.738. The minimum Gasteiger partial charge on any atom is -0.493 e. The Balaban J connectivity index is 0.000000490. The molecule has 0 aliphatic carbocycles. The van der Waals surface area contributed by atoms with Gasteiger partial charge in [-0.3, -0.25) is 0 Å². The number of ether oxygens (including phenoxy) is 1. The predicted molar refractivity (Wildman–Crippen MR) is 33.0 cm³/mol. The Morgan fingerprint density at radius 3 is 2.75 bits per heavy atom. The van der Waals surface area contributed by atoms with E-state index in [0.29, 0.717) is 6.61 Å². The second-order valence-corrected chi connectivity index (χ2v) is 1.67. The molecule has 3 nitrogen and oxygen atoms in total. The van der Waals surface area contributed by atoms with Gasteiger partial charge in [0, 0.05) is 12.4 Å². The summed E-state index contributed by atoms with van der Waals surface area (Å²) in [5, 5.41) is 2.81. The average molecular weight is 129 g/mol. The van der Waals surface area contributed by atoms with Gasteiger partial charge in [0.1, 0.15) is 11.6 Å². The van der Waals surface area contributed by atoms with Crippen molar-refractivity contribution in [3.8, 4) is 0 Å². The molecule has 0 amide bonds. The highest BCUT2D eigenvalue weighted by Crippen LogP contribution is 1.84. The number of hydrogen-bond acceptors (Lipinski definition) is 2. The van der Waals surface area contributed by atoms with E-state index in [1.54, 1.807) is 12.5 Å². The molecule has 0 aromatic carbocycles. The first kappa shape index (κ1) is 7.39. The summed E-state index contributed by atoms with van der Waals surface area (Å²) in [6, 6.07) is 0. The van der Waals surface area contributed by atoms with E-state index in [2.05, 4.69) is 5.32 Å². The van der Waals surface area contributed by atoms with Crippen molar-refractivity contribution in [2.75, 3.05) is 6.61 Å². The smallest absolute Gasteiger partial charge is 0.138 e. The molecule has 0 saturated carbocycles. The molecular weight excluding hydrogens is 124 g/mol. The van der Waals surface area contributed by atoms with Gasteiger partial charge in [0.2, 0.25) is 0 Å². The number of nitrogens with one attached hydrogen (secondary N) is 1. The summed E-state index contributed by atoms with van der Waals surface area (Å²) >= 11 is 4.72. The number of rotatable bonds is 0. The van der Waals surface area contributed by atoms with E-state index in [-0.39, 0.29) is 6.15 Å². The molecule has 1 aliphatic heterocycles. The van der Waals surface area contributed by atoms with Crippen LogP contribution in [0.4, 0.5) is 0 Å². The van der Waals surface area contributed by atoms with Gasteiger partial charge in [-0.2, -0.15) is 0 Å². The zero-order valence-electron chi connectivity index (χ0n) is 4.13. The Labute approximate surface area is 53.3 Å². The molecule has 4 heteroatoms. The lowest BCUT2D eigenvalue weighted by molar-refractivity contribution is 0.293. The zero-order chi connectivity index (χ0) is 5.11. The van der Waals surface area contributed by atoms with Crippen molar-refractivity contribution in [1.82, 2.24) is 11.5 Å². The molecule has 0 spiro atoms. The molecule has 8 heavy (non-hydrogen) atoms. The molecule has 1 rings (SSSR count). The molecule has 0 bridgehead atoms. The van der Waals surface area contributed by atoms with E-state index in [0.717, 1.165) is 4.99 Å². The number of hydrogen-bond donors (Lipinski definition) is 1. The topological polar surface area (TPSA) is 51.8 Å². The van der Waals surface area contributed by atoms with Gasteiger partial charge >= 0.3 is 0 Å². The van der Waals surface area contributed by atoms with E-state index in [1.165, 1.54) is 0 Å². The van der Waals surface area contributed by atoms with Crippen molar-refractivity contribution in [3.63, 3.8) is 0 Å². The fourth-order valence-electron chi connectivity index (χ4n) is 0.341. The van der Waals surface area contributed by atoms with Gasteiger partial charge in [0.05, 0.1) is 6.26 Å². The minimum atomic E-state index is 0. The fourth-order valence-corrected chi connectivity index (χ4v) is 0.477. The first-order valence-electron chi connectivity index (χ1n) is 1.95. The lowest BCUT2D eigenvalue weighted by Crippen LogP contribution is -2.22. The highest BCUT2D eigenvalue weighted by atomic mass is 32.1. The average Bonchev–Trinajstić information content (AvgIpc) is 1.69.